The van der Waals surface area contributed by atoms with E-state index < -0.39 is 0 Å². The van der Waals surface area contributed by atoms with E-state index >= 15 is 0 Å². The molecular formula is C13H17BrN2O2. The number of amides is 1. The lowest BCUT2D eigenvalue weighted by molar-refractivity contribution is 0.0663. The molecular weight excluding hydrogens is 296 g/mol. The van der Waals surface area contributed by atoms with E-state index in [2.05, 4.69) is 26.2 Å². The van der Waals surface area contributed by atoms with Gasteiger partial charge in [-0.05, 0) is 40.9 Å². The van der Waals surface area contributed by atoms with E-state index in [1.807, 2.05) is 0 Å². The number of halogens is 1. The maximum Gasteiger partial charge on any atom is 0.252 e. The minimum absolute atomic E-state index is 0.132. The molecule has 98 valence electrons. The van der Waals surface area contributed by atoms with Crippen molar-refractivity contribution in [2.45, 2.75) is 31.8 Å². The summed E-state index contributed by atoms with van der Waals surface area (Å²) in [5, 5.41) is 12.7. The Labute approximate surface area is 115 Å². The smallest absolute Gasteiger partial charge is 0.252 e. The first-order valence-corrected chi connectivity index (χ1v) is 7.04. The van der Waals surface area contributed by atoms with E-state index in [1.165, 1.54) is 6.20 Å². The molecule has 0 spiro atoms. The average Bonchev–Trinajstić information content (AvgIpc) is 2.38. The molecule has 1 amide bonds. The van der Waals surface area contributed by atoms with Crippen LogP contribution in [0.3, 0.4) is 0 Å². The van der Waals surface area contributed by atoms with Gasteiger partial charge in [-0.1, -0.05) is 12.8 Å². The van der Waals surface area contributed by atoms with Crippen LogP contribution in [0.2, 0.25) is 0 Å². The Morgan fingerprint density at radius 1 is 1.44 bits per heavy atom. The highest BCUT2D eigenvalue weighted by Gasteiger charge is 2.23. The number of aromatic nitrogens is 1. The van der Waals surface area contributed by atoms with Crippen molar-refractivity contribution in [1.29, 1.82) is 0 Å². The lowest BCUT2D eigenvalue weighted by Crippen LogP contribution is -2.36. The molecule has 2 atom stereocenters. The average molecular weight is 313 g/mol. The van der Waals surface area contributed by atoms with Gasteiger partial charge in [0.1, 0.15) is 4.60 Å². The Morgan fingerprint density at radius 3 is 2.89 bits per heavy atom. The number of hydrogen-bond donors (Lipinski definition) is 2. The van der Waals surface area contributed by atoms with Crippen LogP contribution in [0.5, 0.6) is 0 Å². The number of nitrogens with one attached hydrogen (secondary N) is 1. The number of hydrogen-bond acceptors (Lipinski definition) is 3. The molecule has 2 N–H and O–H groups in total. The van der Waals surface area contributed by atoms with Gasteiger partial charge < -0.3 is 10.4 Å². The molecule has 2 unspecified atom stereocenters. The minimum atomic E-state index is -0.276. The maximum absolute atomic E-state index is 11.9. The van der Waals surface area contributed by atoms with E-state index in [1.54, 1.807) is 12.1 Å². The van der Waals surface area contributed by atoms with Crippen molar-refractivity contribution >= 4 is 21.8 Å². The van der Waals surface area contributed by atoms with Gasteiger partial charge in [0, 0.05) is 18.7 Å². The third-order valence-electron chi connectivity index (χ3n) is 3.38. The Balaban J connectivity index is 1.86. The second-order valence-corrected chi connectivity index (χ2v) is 5.50. The van der Waals surface area contributed by atoms with Crippen molar-refractivity contribution in [1.82, 2.24) is 10.3 Å². The van der Waals surface area contributed by atoms with Crippen molar-refractivity contribution < 1.29 is 9.90 Å². The van der Waals surface area contributed by atoms with Crippen molar-refractivity contribution in [3.8, 4) is 0 Å². The summed E-state index contributed by atoms with van der Waals surface area (Å²) in [6.45, 7) is 0.538. The highest BCUT2D eigenvalue weighted by molar-refractivity contribution is 9.10. The van der Waals surface area contributed by atoms with Crippen LogP contribution >= 0.6 is 15.9 Å². The largest absolute Gasteiger partial charge is 0.393 e. The van der Waals surface area contributed by atoms with Crippen LogP contribution < -0.4 is 5.32 Å². The number of pyridine rings is 1. The zero-order valence-corrected chi connectivity index (χ0v) is 11.7. The number of aliphatic hydroxyl groups is 1. The molecule has 5 heteroatoms. The van der Waals surface area contributed by atoms with Gasteiger partial charge in [0.05, 0.1) is 11.7 Å². The molecule has 0 radical (unpaired) electrons. The molecule has 1 aliphatic rings. The van der Waals surface area contributed by atoms with Crippen LogP contribution in [-0.2, 0) is 0 Å². The first-order chi connectivity index (χ1) is 8.66. The van der Waals surface area contributed by atoms with Gasteiger partial charge in [-0.25, -0.2) is 4.98 Å². The van der Waals surface area contributed by atoms with E-state index in [0.29, 0.717) is 16.7 Å². The number of carbonyl (C=O) groups is 1. The predicted molar refractivity (Wildman–Crippen MR) is 72.2 cm³/mol. The lowest BCUT2D eigenvalue weighted by atomic mass is 9.86. The number of aliphatic hydroxyl groups excluding tert-OH is 1. The predicted octanol–water partition coefficient (Wildman–Crippen LogP) is 2.12. The molecule has 0 bridgehead atoms. The van der Waals surface area contributed by atoms with Crippen LogP contribution in [0.15, 0.2) is 22.9 Å². The monoisotopic (exact) mass is 312 g/mol. The zero-order valence-electron chi connectivity index (χ0n) is 10.1. The van der Waals surface area contributed by atoms with Crippen LogP contribution in [-0.4, -0.2) is 28.6 Å². The number of nitrogens with zero attached hydrogens (tertiary/aromatic N) is 1. The van der Waals surface area contributed by atoms with Gasteiger partial charge in [0.2, 0.25) is 0 Å². The van der Waals surface area contributed by atoms with Gasteiger partial charge in [-0.3, -0.25) is 4.79 Å². The molecule has 0 aliphatic heterocycles. The highest BCUT2D eigenvalue weighted by atomic mass is 79.9. The summed E-state index contributed by atoms with van der Waals surface area (Å²) in [5.41, 5.74) is 0.545. The summed E-state index contributed by atoms with van der Waals surface area (Å²) in [6, 6.07) is 3.47. The number of carbonyl (C=O) groups excluding carboxylic acids is 1. The summed E-state index contributed by atoms with van der Waals surface area (Å²) in [7, 11) is 0. The first-order valence-electron chi connectivity index (χ1n) is 6.24. The normalized spacial score (nSPS) is 23.7. The van der Waals surface area contributed by atoms with Gasteiger partial charge in [-0.2, -0.15) is 0 Å². The summed E-state index contributed by atoms with van der Waals surface area (Å²) in [4.78, 5) is 15.9. The molecule has 1 aromatic rings. The molecule has 1 aromatic heterocycles. The second kappa shape index (κ2) is 6.29. The van der Waals surface area contributed by atoms with E-state index in [9.17, 15) is 9.90 Å². The van der Waals surface area contributed by atoms with Gasteiger partial charge in [0.25, 0.3) is 5.91 Å². The highest BCUT2D eigenvalue weighted by Crippen LogP contribution is 2.23. The molecule has 1 fully saturated rings. The van der Waals surface area contributed by atoms with Gasteiger partial charge in [0.15, 0.2) is 0 Å². The Hall–Kier alpha value is -0.940. The zero-order chi connectivity index (χ0) is 13.0. The van der Waals surface area contributed by atoms with Gasteiger partial charge in [-0.15, -0.1) is 0 Å². The van der Waals surface area contributed by atoms with Crippen LogP contribution in [0.25, 0.3) is 0 Å². The summed E-state index contributed by atoms with van der Waals surface area (Å²) < 4.78 is 0.710. The molecule has 4 nitrogen and oxygen atoms in total. The van der Waals surface area contributed by atoms with E-state index in [-0.39, 0.29) is 17.9 Å². The summed E-state index contributed by atoms with van der Waals surface area (Å²) in [6.07, 6.45) is 5.32. The molecule has 0 aromatic carbocycles. The third kappa shape index (κ3) is 3.53. The fraction of sp³-hybridized carbons (Fsp3) is 0.538. The van der Waals surface area contributed by atoms with E-state index in [0.717, 1.165) is 25.7 Å². The third-order valence-corrected chi connectivity index (χ3v) is 3.85. The van der Waals surface area contributed by atoms with Crippen LogP contribution in [0.1, 0.15) is 36.0 Å². The molecule has 1 heterocycles. The first kappa shape index (κ1) is 13.5. The number of rotatable bonds is 3. The van der Waals surface area contributed by atoms with Crippen LogP contribution in [0, 0.1) is 5.92 Å². The van der Waals surface area contributed by atoms with Crippen molar-refractivity contribution in [2.24, 2.45) is 5.92 Å². The molecule has 18 heavy (non-hydrogen) atoms. The SMILES string of the molecule is O=C(NCC1CCCCC1O)c1ccc(Br)nc1. The fourth-order valence-corrected chi connectivity index (χ4v) is 2.50. The van der Waals surface area contributed by atoms with Crippen molar-refractivity contribution in [2.75, 3.05) is 6.54 Å². The summed E-state index contributed by atoms with van der Waals surface area (Å²) in [5.74, 6) is 0.0545. The standard InChI is InChI=1S/C13H17BrN2O2/c14-12-6-5-10(8-15-12)13(18)16-7-9-3-1-2-4-11(9)17/h5-6,8-9,11,17H,1-4,7H2,(H,16,18). The van der Waals surface area contributed by atoms with Gasteiger partial charge >= 0.3 is 0 Å². The topological polar surface area (TPSA) is 62.2 Å². The molecule has 1 saturated carbocycles. The minimum Gasteiger partial charge on any atom is -0.393 e. The Morgan fingerprint density at radius 2 is 2.22 bits per heavy atom. The quantitative estimate of drug-likeness (QED) is 0.840. The van der Waals surface area contributed by atoms with Crippen molar-refractivity contribution in [3.63, 3.8) is 0 Å². The Kier molecular flexibility index (Phi) is 4.72. The molecule has 2 rings (SSSR count). The second-order valence-electron chi connectivity index (χ2n) is 4.69. The van der Waals surface area contributed by atoms with Crippen LogP contribution in [0.4, 0.5) is 0 Å². The van der Waals surface area contributed by atoms with E-state index in [4.69, 9.17) is 0 Å². The Bertz CT molecular complexity index is 408. The molecule has 0 saturated heterocycles. The maximum atomic E-state index is 11.9. The summed E-state index contributed by atoms with van der Waals surface area (Å²) >= 11 is 3.23. The lowest BCUT2D eigenvalue weighted by Gasteiger charge is -2.27. The fourth-order valence-electron chi connectivity index (χ4n) is 2.26. The molecule has 1 aliphatic carbocycles. The van der Waals surface area contributed by atoms with Crippen molar-refractivity contribution in [3.05, 3.63) is 28.5 Å².